The average Bonchev–Trinajstić information content (AvgIpc) is 2.69. The van der Waals surface area contributed by atoms with Crippen LogP contribution >= 0.6 is 11.6 Å². The smallest absolute Gasteiger partial charge is 0.317 e. The molecule has 1 aromatic carbocycles. The Labute approximate surface area is 165 Å². The van der Waals surface area contributed by atoms with Crippen molar-refractivity contribution >= 4 is 34.2 Å². The third kappa shape index (κ3) is 4.13. The van der Waals surface area contributed by atoms with Crippen LogP contribution in [0.2, 0.25) is 5.02 Å². The van der Waals surface area contributed by atoms with Crippen LogP contribution < -0.4 is 10.2 Å². The lowest BCUT2D eigenvalue weighted by Gasteiger charge is -2.37. The lowest BCUT2D eigenvalue weighted by Crippen LogP contribution is -2.53. The number of fused-ring (bicyclic) bond motifs is 1. The number of halogens is 1. The Morgan fingerprint density at radius 3 is 2.59 bits per heavy atom. The number of nitrogens with zero attached hydrogens (tertiary/aromatic N) is 3. The quantitative estimate of drug-likeness (QED) is 0.837. The molecule has 1 aromatic heterocycles. The van der Waals surface area contributed by atoms with Crippen molar-refractivity contribution in [1.29, 1.82) is 0 Å². The molecule has 2 amide bonds. The van der Waals surface area contributed by atoms with Crippen LogP contribution in [0.5, 0.6) is 0 Å². The number of pyridine rings is 1. The lowest BCUT2D eigenvalue weighted by molar-refractivity contribution is 0.184. The maximum absolute atomic E-state index is 12.6. The van der Waals surface area contributed by atoms with Gasteiger partial charge in [-0.05, 0) is 55.9 Å². The van der Waals surface area contributed by atoms with E-state index in [2.05, 4.69) is 28.2 Å². The van der Waals surface area contributed by atoms with Gasteiger partial charge in [0.1, 0.15) is 0 Å². The number of piperazine rings is 1. The highest BCUT2D eigenvalue weighted by Gasteiger charge is 2.25. The fourth-order valence-electron chi connectivity index (χ4n) is 4.20. The highest BCUT2D eigenvalue weighted by Crippen LogP contribution is 2.28. The number of aromatic nitrogens is 1. The van der Waals surface area contributed by atoms with Gasteiger partial charge in [0.25, 0.3) is 0 Å². The van der Waals surface area contributed by atoms with Gasteiger partial charge in [0.2, 0.25) is 0 Å². The Balaban J connectivity index is 1.37. The number of hydrogen-bond acceptors (Lipinski definition) is 3. The fourth-order valence-corrected chi connectivity index (χ4v) is 4.37. The molecule has 1 saturated heterocycles. The van der Waals surface area contributed by atoms with Gasteiger partial charge < -0.3 is 15.1 Å². The van der Waals surface area contributed by atoms with Crippen LogP contribution in [0.25, 0.3) is 10.9 Å². The monoisotopic (exact) mass is 386 g/mol. The summed E-state index contributed by atoms with van der Waals surface area (Å²) < 4.78 is 0. The third-order valence-electron chi connectivity index (χ3n) is 5.93. The molecule has 2 aliphatic rings. The summed E-state index contributed by atoms with van der Waals surface area (Å²) in [6.07, 6.45) is 6.49. The van der Waals surface area contributed by atoms with Gasteiger partial charge in [0.05, 0.1) is 5.52 Å². The van der Waals surface area contributed by atoms with Crippen LogP contribution in [0, 0.1) is 5.92 Å². The first-order valence-electron chi connectivity index (χ1n) is 9.95. The number of urea groups is 1. The Bertz CT molecular complexity index is 811. The highest BCUT2D eigenvalue weighted by atomic mass is 35.5. The van der Waals surface area contributed by atoms with Crippen molar-refractivity contribution in [2.75, 3.05) is 31.1 Å². The van der Waals surface area contributed by atoms with Crippen LogP contribution in [0.15, 0.2) is 30.5 Å². The Kier molecular flexibility index (Phi) is 5.39. The molecule has 0 atom stereocenters. The number of benzene rings is 1. The summed E-state index contributed by atoms with van der Waals surface area (Å²) in [7, 11) is 0. The maximum atomic E-state index is 12.6. The number of carbonyl (C=O) groups is 1. The summed E-state index contributed by atoms with van der Waals surface area (Å²) in [6, 6.07) is 8.33. The van der Waals surface area contributed by atoms with Crippen LogP contribution in [-0.4, -0.2) is 48.1 Å². The number of amides is 2. The zero-order valence-electron chi connectivity index (χ0n) is 15.8. The van der Waals surface area contributed by atoms with Crippen LogP contribution in [-0.2, 0) is 0 Å². The van der Waals surface area contributed by atoms with E-state index in [0.29, 0.717) is 11.1 Å². The molecule has 1 aliphatic carbocycles. The summed E-state index contributed by atoms with van der Waals surface area (Å²) in [5.74, 6) is 0.798. The van der Waals surface area contributed by atoms with E-state index >= 15 is 0 Å². The summed E-state index contributed by atoms with van der Waals surface area (Å²) in [4.78, 5) is 21.3. The highest BCUT2D eigenvalue weighted by molar-refractivity contribution is 6.31. The minimum atomic E-state index is 0.0978. The van der Waals surface area contributed by atoms with Gasteiger partial charge in [-0.3, -0.25) is 4.98 Å². The number of nitrogens with one attached hydrogen (secondary N) is 1. The molecule has 4 rings (SSSR count). The molecule has 27 heavy (non-hydrogen) atoms. The van der Waals surface area contributed by atoms with Crippen molar-refractivity contribution in [1.82, 2.24) is 15.2 Å². The molecule has 0 bridgehead atoms. The molecule has 6 heteroatoms. The van der Waals surface area contributed by atoms with Crippen LogP contribution in [0.1, 0.15) is 32.6 Å². The minimum absolute atomic E-state index is 0.0978. The molecule has 0 spiro atoms. The van der Waals surface area contributed by atoms with E-state index in [9.17, 15) is 4.79 Å². The van der Waals surface area contributed by atoms with E-state index < -0.39 is 0 Å². The predicted molar refractivity (Wildman–Crippen MR) is 110 cm³/mol. The van der Waals surface area contributed by atoms with Crippen molar-refractivity contribution < 1.29 is 4.79 Å². The second-order valence-electron chi connectivity index (χ2n) is 7.87. The SMILES string of the molecule is C[C@H]1CC[C@H](NC(=O)N2CCN(c3ccnc4cc(Cl)ccc34)CC2)CC1. The molecule has 5 nitrogen and oxygen atoms in total. The topological polar surface area (TPSA) is 48.5 Å². The summed E-state index contributed by atoms with van der Waals surface area (Å²) in [5, 5.41) is 5.05. The van der Waals surface area contributed by atoms with Gasteiger partial charge in [0.15, 0.2) is 0 Å². The summed E-state index contributed by atoms with van der Waals surface area (Å²) in [6.45, 7) is 5.44. The second kappa shape index (κ2) is 7.93. The Morgan fingerprint density at radius 2 is 1.85 bits per heavy atom. The first-order valence-corrected chi connectivity index (χ1v) is 10.3. The van der Waals surface area contributed by atoms with E-state index in [1.165, 1.54) is 12.8 Å². The molecule has 1 aliphatic heterocycles. The number of anilines is 1. The predicted octanol–water partition coefficient (Wildman–Crippen LogP) is 4.30. The van der Waals surface area contributed by atoms with Gasteiger partial charge in [-0.2, -0.15) is 0 Å². The van der Waals surface area contributed by atoms with Gasteiger partial charge in [-0.15, -0.1) is 0 Å². The number of rotatable bonds is 2. The second-order valence-corrected chi connectivity index (χ2v) is 8.31. The van der Waals surface area contributed by atoms with E-state index in [1.54, 1.807) is 0 Å². The maximum Gasteiger partial charge on any atom is 0.317 e. The third-order valence-corrected chi connectivity index (χ3v) is 6.17. The molecule has 1 saturated carbocycles. The molecule has 2 aromatic rings. The van der Waals surface area contributed by atoms with Gasteiger partial charge in [-0.1, -0.05) is 18.5 Å². The van der Waals surface area contributed by atoms with Crippen molar-refractivity contribution in [3.8, 4) is 0 Å². The average molecular weight is 387 g/mol. The van der Waals surface area contributed by atoms with Crippen molar-refractivity contribution in [2.24, 2.45) is 5.92 Å². The van der Waals surface area contributed by atoms with Crippen molar-refractivity contribution in [3.05, 3.63) is 35.5 Å². The first-order chi connectivity index (χ1) is 13.1. The fraction of sp³-hybridized carbons (Fsp3) is 0.524. The Morgan fingerprint density at radius 1 is 1.11 bits per heavy atom. The minimum Gasteiger partial charge on any atom is -0.367 e. The van der Waals surface area contributed by atoms with Gasteiger partial charge in [0, 0.05) is 54.5 Å². The van der Waals surface area contributed by atoms with Gasteiger partial charge >= 0.3 is 6.03 Å². The van der Waals surface area contributed by atoms with Crippen LogP contribution in [0.4, 0.5) is 10.5 Å². The molecule has 2 fully saturated rings. The molecule has 0 unspecified atom stereocenters. The number of carbonyl (C=O) groups excluding carboxylic acids is 1. The molecule has 144 valence electrons. The Hall–Kier alpha value is -2.01. The molecule has 1 N–H and O–H groups in total. The molecule has 0 radical (unpaired) electrons. The first kappa shape index (κ1) is 18.4. The van der Waals surface area contributed by atoms with Crippen molar-refractivity contribution in [2.45, 2.75) is 38.6 Å². The largest absolute Gasteiger partial charge is 0.367 e. The molecular formula is C21H27ClN4O. The summed E-state index contributed by atoms with van der Waals surface area (Å²) in [5.41, 5.74) is 2.07. The normalized spacial score (nSPS) is 23.5. The lowest BCUT2D eigenvalue weighted by atomic mass is 9.87. The van der Waals surface area contributed by atoms with Gasteiger partial charge in [-0.25, -0.2) is 4.79 Å². The standard InChI is InChI=1S/C21H27ClN4O/c1-15-2-5-17(6-3-15)24-21(27)26-12-10-25(11-13-26)20-8-9-23-19-14-16(22)4-7-18(19)20/h4,7-9,14-15,17H,2-3,5-6,10-13H2,1H3,(H,24,27)/t15-,17-. The zero-order valence-corrected chi connectivity index (χ0v) is 16.6. The van der Waals surface area contributed by atoms with E-state index in [0.717, 1.165) is 61.5 Å². The zero-order chi connectivity index (χ0) is 18.8. The van der Waals surface area contributed by atoms with E-state index in [-0.39, 0.29) is 6.03 Å². The number of hydrogen-bond donors (Lipinski definition) is 1. The van der Waals surface area contributed by atoms with E-state index in [4.69, 9.17) is 11.6 Å². The molecule has 2 heterocycles. The van der Waals surface area contributed by atoms with E-state index in [1.807, 2.05) is 29.3 Å². The van der Waals surface area contributed by atoms with Crippen molar-refractivity contribution in [3.63, 3.8) is 0 Å². The van der Waals surface area contributed by atoms with Crippen LogP contribution in [0.3, 0.4) is 0 Å². The molecular weight excluding hydrogens is 360 g/mol. The summed E-state index contributed by atoms with van der Waals surface area (Å²) >= 11 is 6.09.